The Labute approximate surface area is 169 Å². The topological polar surface area (TPSA) is 98.2 Å². The quantitative estimate of drug-likeness (QED) is 0.255. The van der Waals surface area contributed by atoms with Crippen LogP contribution >= 0.6 is 11.8 Å². The molecule has 0 aromatic heterocycles. The zero-order valence-electron chi connectivity index (χ0n) is 16.4. The molecule has 2 heterocycles. The minimum Gasteiger partial charge on any atom is -0.352 e. The summed E-state index contributed by atoms with van der Waals surface area (Å²) in [5.41, 5.74) is 1.82. The van der Waals surface area contributed by atoms with Crippen molar-refractivity contribution in [2.75, 3.05) is 19.8 Å². The van der Waals surface area contributed by atoms with Crippen molar-refractivity contribution in [3.8, 4) is 0 Å². The van der Waals surface area contributed by atoms with Gasteiger partial charge in [0, 0.05) is 38.1 Å². The first-order chi connectivity index (χ1) is 13.5. The third kappa shape index (κ3) is 5.85. The Morgan fingerprint density at radius 1 is 1.25 bits per heavy atom. The van der Waals surface area contributed by atoms with Gasteiger partial charge in [0.05, 0.1) is 17.8 Å². The van der Waals surface area contributed by atoms with Crippen LogP contribution in [0.1, 0.15) is 31.2 Å². The monoisotopic (exact) mass is 404 g/mol. The van der Waals surface area contributed by atoms with Crippen molar-refractivity contribution in [3.63, 3.8) is 0 Å². The highest BCUT2D eigenvalue weighted by Gasteiger charge is 2.42. The Hall–Kier alpha value is -2.29. The third-order valence-corrected chi connectivity index (χ3v) is 6.35. The second-order valence-corrected chi connectivity index (χ2v) is 8.62. The van der Waals surface area contributed by atoms with Gasteiger partial charge in [0.25, 0.3) is 0 Å². The first-order valence-electron chi connectivity index (χ1n) is 9.64. The van der Waals surface area contributed by atoms with E-state index in [1.165, 1.54) is 0 Å². The predicted molar refractivity (Wildman–Crippen MR) is 110 cm³/mol. The number of unbranched alkanes of at least 4 members (excludes halogenated alkanes) is 1. The highest BCUT2D eigenvalue weighted by molar-refractivity contribution is 8.00. The number of thioether (sulfide) groups is 1. The highest BCUT2D eigenvalue weighted by Crippen LogP contribution is 2.33. The number of urea groups is 1. The van der Waals surface area contributed by atoms with Crippen LogP contribution in [0.3, 0.4) is 0 Å². The Morgan fingerprint density at radius 2 is 2.04 bits per heavy atom. The Balaban J connectivity index is 1.30. The molecular formula is C19H28N6O2S. The number of rotatable bonds is 9. The van der Waals surface area contributed by atoms with E-state index in [0.29, 0.717) is 18.2 Å². The van der Waals surface area contributed by atoms with Gasteiger partial charge in [-0.2, -0.15) is 11.8 Å². The number of nitrogens with zero attached hydrogens (tertiary/aromatic N) is 3. The lowest BCUT2D eigenvalue weighted by Crippen LogP contribution is -2.36. The smallest absolute Gasteiger partial charge is 0.315 e. The normalized spacial score (nSPS) is 23.4. The van der Waals surface area contributed by atoms with Crippen molar-refractivity contribution in [3.05, 3.63) is 29.8 Å². The average molecular weight is 405 g/mol. The van der Waals surface area contributed by atoms with Gasteiger partial charge in [-0.3, -0.25) is 9.80 Å². The predicted octanol–water partition coefficient (Wildman–Crippen LogP) is 2.59. The number of carbonyl (C=O) groups excluding carboxylic acids is 2. The van der Waals surface area contributed by atoms with Crippen molar-refractivity contribution < 1.29 is 9.59 Å². The lowest BCUT2D eigenvalue weighted by atomic mass is 10.0. The lowest BCUT2D eigenvalue weighted by Gasteiger charge is -2.16. The fourth-order valence-electron chi connectivity index (χ4n) is 3.38. The Morgan fingerprint density at radius 3 is 2.79 bits per heavy atom. The molecule has 0 bridgehead atoms. The Kier molecular flexibility index (Phi) is 7.13. The van der Waals surface area contributed by atoms with E-state index in [9.17, 15) is 9.59 Å². The Bertz CT molecular complexity index is 709. The molecule has 152 valence electrons. The summed E-state index contributed by atoms with van der Waals surface area (Å²) in [4.78, 5) is 23.5. The van der Waals surface area contributed by atoms with E-state index in [0.717, 1.165) is 36.3 Å². The lowest BCUT2D eigenvalue weighted by molar-refractivity contribution is -0.121. The molecule has 2 aliphatic rings. The zero-order valence-corrected chi connectivity index (χ0v) is 17.2. The van der Waals surface area contributed by atoms with E-state index in [2.05, 4.69) is 26.3 Å². The zero-order chi connectivity index (χ0) is 19.9. The summed E-state index contributed by atoms with van der Waals surface area (Å²) in [6, 6.07) is 8.13. The van der Waals surface area contributed by atoms with Crippen molar-refractivity contribution >= 4 is 29.4 Å². The molecular weight excluding hydrogens is 376 g/mol. The van der Waals surface area contributed by atoms with E-state index < -0.39 is 0 Å². The number of amides is 3. The van der Waals surface area contributed by atoms with E-state index >= 15 is 0 Å². The van der Waals surface area contributed by atoms with Crippen LogP contribution in [-0.4, -0.2) is 54.1 Å². The van der Waals surface area contributed by atoms with Crippen molar-refractivity contribution in [1.82, 2.24) is 21.0 Å². The van der Waals surface area contributed by atoms with Gasteiger partial charge in [0.2, 0.25) is 5.91 Å². The van der Waals surface area contributed by atoms with Crippen LogP contribution < -0.4 is 16.0 Å². The molecule has 1 aromatic rings. The number of fused-ring (bicyclic) bond motifs is 1. The molecule has 1 aromatic carbocycles. The molecule has 28 heavy (non-hydrogen) atoms. The highest BCUT2D eigenvalue weighted by atomic mass is 32.2. The van der Waals surface area contributed by atoms with Crippen LogP contribution in [0, 0.1) is 0 Å². The number of benzene rings is 1. The van der Waals surface area contributed by atoms with Gasteiger partial charge in [-0.25, -0.2) is 4.79 Å². The minimum absolute atomic E-state index is 0.0477. The third-order valence-electron chi connectivity index (χ3n) is 4.85. The number of carbonyl (C=O) groups is 2. The fourth-order valence-corrected chi connectivity index (χ4v) is 4.93. The molecule has 2 fully saturated rings. The standard InChI is InChI=1S/C19H28N6O2S/c1-25(2)24-23-14-9-7-13(8-10-14)11-20-17(26)6-4-3-5-16-18-15(12-28-16)21-19(27)22-18/h7-10,15-16,18H,3-6,11-12H2,1-2H3,(H,20,26)(H2,21,22,27)/t15-,16-,18-/m0/s1. The molecule has 0 aliphatic carbocycles. The van der Waals surface area contributed by atoms with Gasteiger partial charge >= 0.3 is 6.03 Å². The summed E-state index contributed by atoms with van der Waals surface area (Å²) in [7, 11) is 3.64. The van der Waals surface area contributed by atoms with E-state index in [4.69, 9.17) is 0 Å². The second kappa shape index (κ2) is 9.77. The molecule has 0 saturated carbocycles. The van der Waals surface area contributed by atoms with Crippen molar-refractivity contribution in [1.29, 1.82) is 0 Å². The van der Waals surface area contributed by atoms with Crippen LogP contribution in [0.4, 0.5) is 10.5 Å². The summed E-state index contributed by atoms with van der Waals surface area (Å²) in [6.07, 6.45) is 3.43. The first-order valence-corrected chi connectivity index (χ1v) is 10.7. The maximum absolute atomic E-state index is 12.1. The molecule has 3 amide bonds. The SMILES string of the molecule is CN(C)N=Nc1ccc(CNC(=O)CCCC[C@@H]2SC[C@@H]3NC(=O)N[C@@H]32)cc1. The largest absolute Gasteiger partial charge is 0.352 e. The summed E-state index contributed by atoms with van der Waals surface area (Å²) >= 11 is 1.91. The molecule has 3 atom stereocenters. The summed E-state index contributed by atoms with van der Waals surface area (Å²) in [6.45, 7) is 0.518. The molecule has 3 rings (SSSR count). The van der Waals surface area contributed by atoms with Gasteiger partial charge in [-0.05, 0) is 30.5 Å². The summed E-state index contributed by atoms with van der Waals surface area (Å²) in [5.74, 6) is 1.05. The summed E-state index contributed by atoms with van der Waals surface area (Å²) in [5, 5.41) is 19.1. The first kappa shape index (κ1) is 20.4. The van der Waals surface area contributed by atoms with Crippen LogP contribution in [0.5, 0.6) is 0 Å². The fraction of sp³-hybridized carbons (Fsp3) is 0.579. The van der Waals surface area contributed by atoms with E-state index in [1.54, 1.807) is 5.01 Å². The molecule has 2 aliphatic heterocycles. The molecule has 0 radical (unpaired) electrons. The second-order valence-electron chi connectivity index (χ2n) is 7.35. The number of nitrogens with one attached hydrogen (secondary N) is 3. The molecule has 0 spiro atoms. The van der Waals surface area contributed by atoms with Gasteiger partial charge in [0.1, 0.15) is 0 Å². The molecule has 2 saturated heterocycles. The van der Waals surface area contributed by atoms with Crippen LogP contribution in [0.2, 0.25) is 0 Å². The van der Waals surface area contributed by atoms with Crippen LogP contribution in [0.25, 0.3) is 0 Å². The molecule has 0 unspecified atom stereocenters. The van der Waals surface area contributed by atoms with Gasteiger partial charge < -0.3 is 16.0 Å². The van der Waals surface area contributed by atoms with Crippen molar-refractivity contribution in [2.24, 2.45) is 10.3 Å². The maximum atomic E-state index is 12.1. The molecule has 9 heteroatoms. The van der Waals surface area contributed by atoms with Crippen molar-refractivity contribution in [2.45, 2.75) is 49.6 Å². The molecule has 3 N–H and O–H groups in total. The van der Waals surface area contributed by atoms with E-state index in [1.807, 2.05) is 50.1 Å². The van der Waals surface area contributed by atoms with E-state index in [-0.39, 0.29) is 24.0 Å². The average Bonchev–Trinajstić information content (AvgIpc) is 3.22. The van der Waals surface area contributed by atoms with Crippen LogP contribution in [-0.2, 0) is 11.3 Å². The summed E-state index contributed by atoms with van der Waals surface area (Å²) < 4.78 is 0. The number of hydrogen-bond donors (Lipinski definition) is 3. The minimum atomic E-state index is -0.0477. The van der Waals surface area contributed by atoms with Gasteiger partial charge in [0.15, 0.2) is 0 Å². The number of hydrogen-bond acceptors (Lipinski definition) is 5. The van der Waals surface area contributed by atoms with Gasteiger partial charge in [-0.1, -0.05) is 23.8 Å². The van der Waals surface area contributed by atoms with Gasteiger partial charge in [-0.15, -0.1) is 5.11 Å². The maximum Gasteiger partial charge on any atom is 0.315 e. The van der Waals surface area contributed by atoms with Crippen LogP contribution in [0.15, 0.2) is 34.6 Å². The molecule has 8 nitrogen and oxygen atoms in total.